The van der Waals surface area contributed by atoms with Crippen LogP contribution in [0.5, 0.6) is 0 Å². The average Bonchev–Trinajstić information content (AvgIpc) is 3.15. The number of rotatable bonds is 4. The molecule has 2 heterocycles. The van der Waals surface area contributed by atoms with Crippen LogP contribution in [0.2, 0.25) is 0 Å². The van der Waals surface area contributed by atoms with E-state index in [1.807, 2.05) is 6.20 Å². The van der Waals surface area contributed by atoms with Gasteiger partial charge >= 0.3 is 0 Å². The highest BCUT2D eigenvalue weighted by atomic mass is 15.2. The first kappa shape index (κ1) is 16.9. The lowest BCUT2D eigenvalue weighted by Gasteiger charge is -2.41. The van der Waals surface area contributed by atoms with Crippen LogP contribution in [0.3, 0.4) is 0 Å². The van der Waals surface area contributed by atoms with Crippen LogP contribution < -0.4 is 0 Å². The zero-order valence-electron chi connectivity index (χ0n) is 15.9. The van der Waals surface area contributed by atoms with Crippen molar-refractivity contribution in [3.8, 4) is 0 Å². The van der Waals surface area contributed by atoms with Gasteiger partial charge < -0.3 is 4.98 Å². The molecule has 2 aromatic heterocycles. The highest BCUT2D eigenvalue weighted by molar-refractivity contribution is 5.74. The van der Waals surface area contributed by atoms with Crippen LogP contribution >= 0.6 is 0 Å². The number of benzene rings is 1. The van der Waals surface area contributed by atoms with E-state index >= 15 is 0 Å². The van der Waals surface area contributed by atoms with Crippen molar-refractivity contribution in [3.63, 3.8) is 0 Å². The summed E-state index contributed by atoms with van der Waals surface area (Å²) in [7, 11) is 0. The largest absolute Gasteiger partial charge is 0.341 e. The molecule has 0 spiro atoms. The molecular weight excluding hydrogens is 332 g/mol. The van der Waals surface area contributed by atoms with E-state index in [0.717, 1.165) is 23.4 Å². The normalized spacial score (nSPS) is 20.9. The van der Waals surface area contributed by atoms with Crippen LogP contribution in [0.1, 0.15) is 68.1 Å². The maximum absolute atomic E-state index is 4.88. The topological polar surface area (TPSA) is 44.8 Å². The number of hydrogen-bond donors (Lipinski definition) is 1. The minimum absolute atomic E-state index is 0.422. The molecule has 1 unspecified atom stereocenters. The van der Waals surface area contributed by atoms with Crippen molar-refractivity contribution in [1.29, 1.82) is 0 Å². The molecule has 2 aliphatic rings. The minimum Gasteiger partial charge on any atom is -0.341 e. The van der Waals surface area contributed by atoms with E-state index in [0.29, 0.717) is 12.1 Å². The van der Waals surface area contributed by atoms with Gasteiger partial charge in [-0.3, -0.25) is 9.88 Å². The molecular formula is C23H28N4. The Morgan fingerprint density at radius 3 is 2.74 bits per heavy atom. The molecule has 1 fully saturated rings. The zero-order chi connectivity index (χ0) is 18.1. The fourth-order valence-electron chi connectivity index (χ4n) is 5.07. The van der Waals surface area contributed by atoms with Crippen molar-refractivity contribution in [2.45, 2.75) is 70.0 Å². The Balaban J connectivity index is 1.49. The maximum Gasteiger partial charge on any atom is 0.121 e. The second-order valence-corrected chi connectivity index (χ2v) is 8.12. The third kappa shape index (κ3) is 3.39. The van der Waals surface area contributed by atoms with E-state index < -0.39 is 0 Å². The van der Waals surface area contributed by atoms with Gasteiger partial charge in [-0.2, -0.15) is 0 Å². The molecule has 5 rings (SSSR count). The number of H-pyrrole nitrogens is 1. The highest BCUT2D eigenvalue weighted by Gasteiger charge is 2.33. The van der Waals surface area contributed by atoms with Gasteiger partial charge in [-0.25, -0.2) is 4.98 Å². The van der Waals surface area contributed by atoms with E-state index in [-0.39, 0.29) is 0 Å². The fraction of sp³-hybridized carbons (Fsp3) is 0.478. The lowest BCUT2D eigenvalue weighted by atomic mass is 9.87. The molecule has 1 N–H and O–H groups in total. The summed E-state index contributed by atoms with van der Waals surface area (Å²) in [4.78, 5) is 16.0. The molecule has 4 nitrogen and oxygen atoms in total. The van der Waals surface area contributed by atoms with Gasteiger partial charge in [-0.1, -0.05) is 37.5 Å². The number of nitrogens with zero attached hydrogens (tertiary/aromatic N) is 3. The van der Waals surface area contributed by atoms with Crippen LogP contribution in [-0.2, 0) is 13.0 Å². The molecule has 4 heteroatoms. The predicted molar refractivity (Wildman–Crippen MR) is 108 cm³/mol. The number of pyridine rings is 1. The van der Waals surface area contributed by atoms with Crippen LogP contribution in [0.15, 0.2) is 42.6 Å². The second kappa shape index (κ2) is 7.43. The van der Waals surface area contributed by atoms with Gasteiger partial charge in [0.05, 0.1) is 29.3 Å². The summed E-state index contributed by atoms with van der Waals surface area (Å²) in [5, 5.41) is 0. The first-order valence-electron chi connectivity index (χ1n) is 10.5. The fourth-order valence-corrected chi connectivity index (χ4v) is 5.07. The molecule has 0 saturated heterocycles. The van der Waals surface area contributed by atoms with Crippen molar-refractivity contribution >= 4 is 11.0 Å². The summed E-state index contributed by atoms with van der Waals surface area (Å²) in [6.45, 7) is 0.889. The third-order valence-corrected chi connectivity index (χ3v) is 6.38. The second-order valence-electron chi connectivity index (χ2n) is 8.12. The van der Waals surface area contributed by atoms with Gasteiger partial charge in [0.25, 0.3) is 0 Å². The Kier molecular flexibility index (Phi) is 4.66. The number of nitrogens with one attached hydrogen (secondary N) is 1. The zero-order valence-corrected chi connectivity index (χ0v) is 15.9. The molecule has 0 bridgehead atoms. The van der Waals surface area contributed by atoms with Crippen molar-refractivity contribution in [3.05, 3.63) is 59.7 Å². The Labute approximate surface area is 161 Å². The molecule has 1 atom stereocenters. The molecule has 0 radical (unpaired) electrons. The van der Waals surface area contributed by atoms with Gasteiger partial charge in [0.2, 0.25) is 0 Å². The maximum atomic E-state index is 4.88. The van der Waals surface area contributed by atoms with E-state index in [1.165, 1.54) is 62.6 Å². The van der Waals surface area contributed by atoms with Gasteiger partial charge in [-0.05, 0) is 55.9 Å². The van der Waals surface area contributed by atoms with Crippen LogP contribution in [-0.4, -0.2) is 25.9 Å². The van der Waals surface area contributed by atoms with Gasteiger partial charge in [-0.15, -0.1) is 0 Å². The minimum atomic E-state index is 0.422. The van der Waals surface area contributed by atoms with Crippen molar-refractivity contribution in [1.82, 2.24) is 19.9 Å². The lowest BCUT2D eigenvalue weighted by molar-refractivity contribution is 0.0795. The smallest absolute Gasteiger partial charge is 0.121 e. The van der Waals surface area contributed by atoms with E-state index in [4.69, 9.17) is 9.97 Å². The summed E-state index contributed by atoms with van der Waals surface area (Å²) in [5.41, 5.74) is 4.96. The Morgan fingerprint density at radius 2 is 1.85 bits per heavy atom. The number of fused-ring (bicyclic) bond motifs is 2. The summed E-state index contributed by atoms with van der Waals surface area (Å²) in [6, 6.07) is 13.8. The van der Waals surface area contributed by atoms with Gasteiger partial charge in [0.1, 0.15) is 5.82 Å². The summed E-state index contributed by atoms with van der Waals surface area (Å²) < 4.78 is 0. The average molecular weight is 361 g/mol. The monoisotopic (exact) mass is 360 g/mol. The Morgan fingerprint density at radius 1 is 0.963 bits per heavy atom. The number of aryl methyl sites for hydroxylation is 1. The number of aromatic nitrogens is 3. The van der Waals surface area contributed by atoms with Crippen molar-refractivity contribution < 1.29 is 0 Å². The van der Waals surface area contributed by atoms with Gasteiger partial charge in [0.15, 0.2) is 0 Å². The van der Waals surface area contributed by atoms with Crippen LogP contribution in [0.25, 0.3) is 11.0 Å². The Hall–Kier alpha value is -2.20. The Bertz CT molecular complexity index is 876. The number of hydrogen-bond acceptors (Lipinski definition) is 3. The molecule has 27 heavy (non-hydrogen) atoms. The molecule has 0 amide bonds. The molecule has 3 aromatic rings. The molecule has 140 valence electrons. The highest BCUT2D eigenvalue weighted by Crippen LogP contribution is 2.38. The van der Waals surface area contributed by atoms with E-state index in [1.54, 1.807) is 0 Å². The van der Waals surface area contributed by atoms with Crippen molar-refractivity contribution in [2.75, 3.05) is 0 Å². The first-order valence-corrected chi connectivity index (χ1v) is 10.5. The van der Waals surface area contributed by atoms with Crippen molar-refractivity contribution in [2.24, 2.45) is 0 Å². The quantitative estimate of drug-likeness (QED) is 0.698. The number of aromatic amines is 1. The summed E-state index contributed by atoms with van der Waals surface area (Å²) >= 11 is 0. The van der Waals surface area contributed by atoms with Gasteiger partial charge in [0, 0.05) is 12.2 Å². The van der Waals surface area contributed by atoms with Crippen LogP contribution in [0, 0.1) is 0 Å². The SMILES string of the molecule is c1cnc2c(c1)CCCC2N(Cc1nc2ccccc2[nH]1)C1CCCCC1. The molecule has 0 aliphatic heterocycles. The summed E-state index contributed by atoms with van der Waals surface area (Å²) in [5.74, 6) is 1.09. The number of para-hydroxylation sites is 2. The molecule has 2 aliphatic carbocycles. The number of imidazole rings is 1. The molecule has 1 saturated carbocycles. The first-order chi connectivity index (χ1) is 13.4. The standard InChI is InChI=1S/C23H28N4/c1-2-10-18(11-3-1)27(16-22-25-19-12-4-5-13-20(19)26-22)21-14-6-8-17-9-7-15-24-23(17)21/h4-5,7,9,12-13,15,18,21H,1-3,6,8,10-11,14,16H2,(H,25,26). The third-order valence-electron chi connectivity index (χ3n) is 6.38. The summed E-state index contributed by atoms with van der Waals surface area (Å²) in [6.07, 6.45) is 12.3. The van der Waals surface area contributed by atoms with Crippen LogP contribution in [0.4, 0.5) is 0 Å². The predicted octanol–water partition coefficient (Wildman–Crippen LogP) is 5.17. The lowest BCUT2D eigenvalue weighted by Crippen LogP contribution is -2.41. The van der Waals surface area contributed by atoms with E-state index in [9.17, 15) is 0 Å². The van der Waals surface area contributed by atoms with E-state index in [2.05, 4.69) is 46.3 Å². The molecule has 1 aromatic carbocycles.